The highest BCUT2D eigenvalue weighted by Gasteiger charge is 2.48. The van der Waals surface area contributed by atoms with E-state index >= 15 is 0 Å². The van der Waals surface area contributed by atoms with Crippen molar-refractivity contribution < 1.29 is 60.0 Å². The first kappa shape index (κ1) is 33.6. The number of amides is 2. The van der Waals surface area contributed by atoms with E-state index in [0.717, 1.165) is 18.3 Å². The number of nitrogens with one attached hydrogen (secondary N) is 1. The number of rotatable bonds is 13. The Kier molecular flexibility index (Phi) is 8.68. The van der Waals surface area contributed by atoms with Gasteiger partial charge in [0.1, 0.15) is 34.9 Å². The fourth-order valence-corrected chi connectivity index (χ4v) is 5.56. The Bertz CT molecular complexity index is 1940. The van der Waals surface area contributed by atoms with Gasteiger partial charge in [-0.15, -0.1) is 8.78 Å². The molecule has 0 spiro atoms. The van der Waals surface area contributed by atoms with E-state index in [9.17, 15) is 41.0 Å². The van der Waals surface area contributed by atoms with Gasteiger partial charge >= 0.3 is 12.8 Å². The molecule has 4 aromatic rings. The maximum atomic E-state index is 13.8. The number of aliphatic hydroxyl groups is 1. The normalized spacial score (nSPS) is 16.2. The molecule has 2 aromatic carbocycles. The van der Waals surface area contributed by atoms with Crippen molar-refractivity contribution in [2.24, 2.45) is 11.7 Å². The SMILES string of the molecule is COc1cc(C(=O)NC[C@](O)(c2cc(CC(N)=O)c(OCC(F)F)c(-c3ccc4c(c3)OC(F)(F)O4)n2)C2CC2)cc2cn(C(F)F)nc12. The van der Waals surface area contributed by atoms with Crippen LogP contribution in [0.25, 0.3) is 22.2 Å². The molecular weight excluding hydrogens is 668 g/mol. The Hall–Kier alpha value is -5.26. The molecule has 1 saturated carbocycles. The van der Waals surface area contributed by atoms with Gasteiger partial charge in [0.25, 0.3) is 12.3 Å². The minimum absolute atomic E-state index is 0.00714. The second-order valence-electron chi connectivity index (χ2n) is 11.4. The van der Waals surface area contributed by atoms with Gasteiger partial charge in [-0.3, -0.25) is 9.59 Å². The molecule has 1 atom stereocenters. The van der Waals surface area contributed by atoms with Crippen molar-refractivity contribution in [3.05, 3.63) is 59.4 Å². The lowest BCUT2D eigenvalue weighted by atomic mass is 9.90. The number of pyridine rings is 1. The molecule has 3 heterocycles. The fourth-order valence-electron chi connectivity index (χ4n) is 5.56. The number of carbonyl (C=O) groups excluding carboxylic acids is 2. The van der Waals surface area contributed by atoms with Gasteiger partial charge < -0.3 is 35.1 Å². The molecule has 0 saturated heterocycles. The molecule has 4 N–H and O–H groups in total. The van der Waals surface area contributed by atoms with E-state index in [1.54, 1.807) is 0 Å². The lowest BCUT2D eigenvalue weighted by molar-refractivity contribution is -0.286. The zero-order chi connectivity index (χ0) is 35.2. The fraction of sp³-hybridized carbons (Fsp3) is 0.355. The molecule has 0 bridgehead atoms. The van der Waals surface area contributed by atoms with Crippen molar-refractivity contribution in [2.75, 3.05) is 20.3 Å². The van der Waals surface area contributed by atoms with Crippen LogP contribution in [0.4, 0.5) is 26.3 Å². The van der Waals surface area contributed by atoms with Gasteiger partial charge in [0.2, 0.25) is 5.91 Å². The lowest BCUT2D eigenvalue weighted by Gasteiger charge is -2.30. The smallest absolute Gasteiger partial charge is 0.494 e. The van der Waals surface area contributed by atoms with Crippen LogP contribution in [0.1, 0.15) is 41.0 Å². The Morgan fingerprint density at radius 2 is 1.88 bits per heavy atom. The summed E-state index contributed by atoms with van der Waals surface area (Å²) in [6.45, 7) is -4.53. The molecule has 12 nitrogen and oxygen atoms in total. The highest BCUT2D eigenvalue weighted by atomic mass is 19.3. The largest absolute Gasteiger partial charge is 0.586 e. The minimum Gasteiger partial charge on any atom is -0.494 e. The van der Waals surface area contributed by atoms with E-state index in [4.69, 9.17) is 15.2 Å². The summed E-state index contributed by atoms with van der Waals surface area (Å²) in [6, 6.07) is 7.35. The van der Waals surface area contributed by atoms with E-state index in [0.29, 0.717) is 17.5 Å². The number of halogens is 6. The predicted octanol–water partition coefficient (Wildman–Crippen LogP) is 4.52. The number of primary amides is 1. The van der Waals surface area contributed by atoms with Crippen LogP contribution in [0.15, 0.2) is 42.6 Å². The van der Waals surface area contributed by atoms with Crippen molar-refractivity contribution >= 4 is 22.7 Å². The van der Waals surface area contributed by atoms with E-state index in [-0.39, 0.29) is 56.2 Å². The summed E-state index contributed by atoms with van der Waals surface area (Å²) in [5, 5.41) is 18.7. The summed E-state index contributed by atoms with van der Waals surface area (Å²) in [5.41, 5.74) is 3.26. The van der Waals surface area contributed by atoms with Crippen LogP contribution in [0.2, 0.25) is 0 Å². The first-order valence-corrected chi connectivity index (χ1v) is 14.7. The molecule has 1 aliphatic carbocycles. The maximum Gasteiger partial charge on any atom is 0.586 e. The Balaban J connectivity index is 1.39. The number of nitrogens with zero attached hydrogens (tertiary/aromatic N) is 3. The second-order valence-corrected chi connectivity index (χ2v) is 11.4. The third-order valence-corrected chi connectivity index (χ3v) is 7.93. The van der Waals surface area contributed by atoms with Crippen molar-refractivity contribution in [1.29, 1.82) is 0 Å². The minimum atomic E-state index is -3.97. The van der Waals surface area contributed by atoms with Crippen LogP contribution in [0.3, 0.4) is 0 Å². The summed E-state index contributed by atoms with van der Waals surface area (Å²) >= 11 is 0. The number of hydrogen-bond donors (Lipinski definition) is 3. The Morgan fingerprint density at radius 1 is 1.14 bits per heavy atom. The molecule has 2 aromatic heterocycles. The number of ether oxygens (including phenoxy) is 4. The average molecular weight is 696 g/mol. The quantitative estimate of drug-likeness (QED) is 0.171. The number of alkyl halides is 6. The van der Waals surface area contributed by atoms with Crippen molar-refractivity contribution in [1.82, 2.24) is 20.1 Å². The molecule has 2 amide bonds. The summed E-state index contributed by atoms with van der Waals surface area (Å²) in [5.74, 6) is -3.08. The summed E-state index contributed by atoms with van der Waals surface area (Å²) in [6.07, 6.45) is -5.45. The molecule has 0 radical (unpaired) electrons. The zero-order valence-corrected chi connectivity index (χ0v) is 25.4. The number of carbonyl (C=O) groups is 2. The summed E-state index contributed by atoms with van der Waals surface area (Å²) in [7, 11) is 1.27. The molecular formula is C31H27F6N5O7. The third kappa shape index (κ3) is 6.85. The molecule has 6 rings (SSSR count). The maximum absolute atomic E-state index is 13.8. The van der Waals surface area contributed by atoms with Crippen molar-refractivity contribution in [2.45, 2.75) is 44.1 Å². The van der Waals surface area contributed by atoms with Gasteiger partial charge in [-0.25, -0.2) is 18.4 Å². The van der Waals surface area contributed by atoms with Gasteiger partial charge in [-0.2, -0.15) is 13.9 Å². The van der Waals surface area contributed by atoms with E-state index in [1.807, 2.05) is 0 Å². The van der Waals surface area contributed by atoms with Gasteiger partial charge in [0, 0.05) is 28.3 Å². The first-order valence-electron chi connectivity index (χ1n) is 14.7. The summed E-state index contributed by atoms with van der Waals surface area (Å²) in [4.78, 5) is 30.0. The van der Waals surface area contributed by atoms with Crippen LogP contribution in [-0.2, 0) is 16.8 Å². The van der Waals surface area contributed by atoms with Crippen molar-refractivity contribution in [3.63, 3.8) is 0 Å². The average Bonchev–Trinajstić information content (AvgIpc) is 3.73. The van der Waals surface area contributed by atoms with E-state index in [1.165, 1.54) is 31.4 Å². The number of aromatic nitrogens is 3. The van der Waals surface area contributed by atoms with Crippen LogP contribution in [-0.4, -0.2) is 64.7 Å². The van der Waals surface area contributed by atoms with E-state index in [2.05, 4.69) is 24.9 Å². The topological polar surface area (TPSA) is 160 Å². The van der Waals surface area contributed by atoms with Crippen LogP contribution >= 0.6 is 0 Å². The zero-order valence-electron chi connectivity index (χ0n) is 25.4. The van der Waals surface area contributed by atoms with Crippen LogP contribution in [0.5, 0.6) is 23.0 Å². The third-order valence-electron chi connectivity index (χ3n) is 7.93. The Morgan fingerprint density at radius 3 is 2.53 bits per heavy atom. The highest BCUT2D eigenvalue weighted by molar-refractivity contribution is 6.00. The molecule has 2 aliphatic rings. The molecule has 1 fully saturated rings. The standard InChI is InChI=1S/C31H27F6N5O7/c1-46-21-8-16(6-17-11-42(29(34)35)41-25(17)21)28(44)39-13-30(45,18-3-4-18)22-9-15(10-24(38)43)27(47-12-23(32)33)26(40-22)14-2-5-19-20(7-14)49-31(36,37)48-19/h2,5-9,11,18,23,29,45H,3-4,10,12-13H2,1H3,(H2,38,43)(H,39,44)/t30-/m1/s1. The van der Waals surface area contributed by atoms with E-state index < -0.39 is 67.9 Å². The number of benzene rings is 2. The predicted molar refractivity (Wildman–Crippen MR) is 157 cm³/mol. The molecule has 260 valence electrons. The molecule has 49 heavy (non-hydrogen) atoms. The van der Waals surface area contributed by atoms with Gasteiger partial charge in [-0.1, -0.05) is 0 Å². The molecule has 0 unspecified atom stereocenters. The monoisotopic (exact) mass is 695 g/mol. The lowest BCUT2D eigenvalue weighted by Crippen LogP contribution is -2.43. The number of hydrogen-bond acceptors (Lipinski definition) is 9. The van der Waals surface area contributed by atoms with Crippen molar-refractivity contribution in [3.8, 4) is 34.3 Å². The molecule has 1 aliphatic heterocycles. The molecule has 18 heteroatoms. The highest BCUT2D eigenvalue weighted by Crippen LogP contribution is 2.48. The van der Waals surface area contributed by atoms with Crippen LogP contribution in [0, 0.1) is 5.92 Å². The second kappa shape index (κ2) is 12.6. The Labute approximate surface area is 272 Å². The van der Waals surface area contributed by atoms with Gasteiger partial charge in [0.15, 0.2) is 11.5 Å². The number of nitrogens with two attached hydrogens (primary N) is 1. The number of methoxy groups -OCH3 is 1. The van der Waals surface area contributed by atoms with Gasteiger partial charge in [-0.05, 0) is 55.2 Å². The summed E-state index contributed by atoms with van der Waals surface area (Å²) < 4.78 is 101. The first-order chi connectivity index (χ1) is 23.2. The van der Waals surface area contributed by atoms with Crippen LogP contribution < -0.4 is 30.0 Å². The number of fused-ring (bicyclic) bond motifs is 2. The van der Waals surface area contributed by atoms with Gasteiger partial charge in [0.05, 0.1) is 25.8 Å².